The number of fused-ring (bicyclic) bond motifs is 2. The third-order valence-electron chi connectivity index (χ3n) is 6.18. The number of benzene rings is 1. The van der Waals surface area contributed by atoms with Gasteiger partial charge in [0.1, 0.15) is 28.6 Å². The summed E-state index contributed by atoms with van der Waals surface area (Å²) >= 11 is 5.97. The number of amides is 1. The number of nitrogens with one attached hydrogen (secondary N) is 1. The van der Waals surface area contributed by atoms with Gasteiger partial charge in [-0.25, -0.2) is 24.6 Å². The smallest absolute Gasteiger partial charge is 0.383 e. The van der Waals surface area contributed by atoms with E-state index in [2.05, 4.69) is 35.6 Å². The Balaban J connectivity index is 1.66. The lowest BCUT2D eigenvalue weighted by atomic mass is 9.78. The summed E-state index contributed by atoms with van der Waals surface area (Å²) in [6.07, 6.45) is -8.55. The van der Waals surface area contributed by atoms with E-state index in [9.17, 15) is 26.7 Å². The van der Waals surface area contributed by atoms with Gasteiger partial charge in [-0.15, -0.1) is 5.10 Å². The van der Waals surface area contributed by atoms with Crippen molar-refractivity contribution in [3.8, 4) is 11.5 Å². The Morgan fingerprint density at radius 3 is 2.50 bits per heavy atom. The van der Waals surface area contributed by atoms with Gasteiger partial charge in [0.25, 0.3) is 0 Å². The molecule has 0 saturated carbocycles. The van der Waals surface area contributed by atoms with Crippen molar-refractivity contribution in [3.05, 3.63) is 46.2 Å². The maximum atomic E-state index is 13.6. The number of hydrogen-bond acceptors (Lipinski definition) is 8. The van der Waals surface area contributed by atoms with Gasteiger partial charge in [-0.1, -0.05) is 28.9 Å². The third kappa shape index (κ3) is 3.97. The normalized spacial score (nSPS) is 19.1. The molecule has 0 radical (unpaired) electrons. The summed E-state index contributed by atoms with van der Waals surface area (Å²) in [7, 11) is 0. The Hall–Kier alpha value is -4.01. The van der Waals surface area contributed by atoms with E-state index >= 15 is 0 Å². The number of carbonyl (C=O) groups is 1. The molecule has 0 aliphatic carbocycles. The van der Waals surface area contributed by atoms with Crippen LogP contribution in [0.5, 0.6) is 0 Å². The predicted octanol–water partition coefficient (Wildman–Crippen LogP) is 3.84. The predicted molar refractivity (Wildman–Crippen MR) is 125 cm³/mol. The lowest BCUT2D eigenvalue weighted by Crippen LogP contribution is -2.36. The van der Waals surface area contributed by atoms with Gasteiger partial charge < -0.3 is 11.1 Å². The molecule has 4 aromatic rings. The first-order valence-corrected chi connectivity index (χ1v) is 11.1. The zero-order chi connectivity index (χ0) is 30.1. The highest BCUT2D eigenvalue weighted by Gasteiger charge is 2.56. The largest absolute Gasteiger partial charge is 0.453 e. The van der Waals surface area contributed by atoms with E-state index in [1.165, 1.54) is 0 Å². The van der Waals surface area contributed by atoms with Crippen molar-refractivity contribution < 1.29 is 30.9 Å². The van der Waals surface area contributed by atoms with Crippen molar-refractivity contribution in [2.45, 2.75) is 37.3 Å². The summed E-state index contributed by atoms with van der Waals surface area (Å²) in [6, 6.07) is 6.39. The zero-order valence-corrected chi connectivity index (χ0v) is 19.9. The van der Waals surface area contributed by atoms with E-state index in [0.717, 1.165) is 0 Å². The number of aryl methyl sites for hydroxylation is 2. The minimum absolute atomic E-state index is 0.0323. The number of aromatic nitrogens is 7. The van der Waals surface area contributed by atoms with Crippen molar-refractivity contribution in [1.29, 1.82) is 0 Å². The Labute approximate surface area is 219 Å². The van der Waals surface area contributed by atoms with Crippen LogP contribution in [-0.2, 0) is 23.6 Å². The summed E-state index contributed by atoms with van der Waals surface area (Å²) in [4.78, 5) is 29.5. The molecule has 0 spiro atoms. The van der Waals surface area contributed by atoms with Crippen molar-refractivity contribution in [1.82, 2.24) is 34.9 Å². The fraction of sp³-hybridized carbons (Fsp3) is 0.318. The van der Waals surface area contributed by atoms with Crippen LogP contribution in [0, 0.1) is 0 Å². The average Bonchev–Trinajstić information content (AvgIpc) is 3.41. The Morgan fingerprint density at radius 1 is 1.13 bits per heavy atom. The highest BCUT2D eigenvalue weighted by Crippen LogP contribution is 2.45. The second-order valence-electron chi connectivity index (χ2n) is 8.61. The van der Waals surface area contributed by atoms with Crippen molar-refractivity contribution in [2.75, 3.05) is 11.1 Å². The number of nitrogen functional groups attached to an aromatic ring is 1. The molecule has 0 bridgehead atoms. The molecule has 16 heteroatoms. The lowest BCUT2D eigenvalue weighted by molar-refractivity contribution is -0.284. The highest BCUT2D eigenvalue weighted by atomic mass is 35.5. The van der Waals surface area contributed by atoms with E-state index in [1.807, 2.05) is 0 Å². The van der Waals surface area contributed by atoms with Crippen LogP contribution in [0.1, 0.15) is 34.4 Å². The number of rotatable bonds is 5. The van der Waals surface area contributed by atoms with Crippen LogP contribution in [0.4, 0.5) is 33.6 Å². The number of carbonyl (C=O) groups excluding carboxylic acids is 1. The van der Waals surface area contributed by atoms with Gasteiger partial charge in [-0.2, -0.15) is 22.0 Å². The molecule has 3 N–H and O–H groups in total. The number of halogens is 6. The van der Waals surface area contributed by atoms with Crippen LogP contribution in [-0.4, -0.2) is 52.9 Å². The van der Waals surface area contributed by atoms with Crippen LogP contribution in [0.25, 0.3) is 22.7 Å². The molecule has 1 aromatic carbocycles. The summed E-state index contributed by atoms with van der Waals surface area (Å²) < 4.78 is 88.9. The molecule has 1 atom stereocenters. The number of nitrogens with zero attached hydrogens (tertiary/aromatic N) is 7. The maximum absolute atomic E-state index is 13.6. The second-order valence-corrected chi connectivity index (χ2v) is 9.04. The molecule has 0 saturated heterocycles. The highest BCUT2D eigenvalue weighted by molar-refractivity contribution is 6.30. The SMILES string of the molecule is [2H]C([2H])([2H])n1nnc2c(-c3nc(N)c4c(n3)NC(=O)C4(C)c3ccc(Cl)cc3)nc(CCC(F)(F)C(F)(F)F)nc21. The standard InChI is InChI=1S/C22H17ClF5N9O/c1-20(9-3-5-10(23)6-4-9)12-15(29)32-17(33-16(12)34-19(20)38)13-14-18(37(2)36-35-14)31-11(30-13)7-8-21(24,25)22(26,27)28/h3-6H,7-8H2,1-2H3,(H3,29,32,33,34,38)/i2D3. The van der Waals surface area contributed by atoms with Gasteiger partial charge in [0.15, 0.2) is 17.0 Å². The van der Waals surface area contributed by atoms with Gasteiger partial charge in [-0.05, 0) is 24.6 Å². The molecular formula is C22H17ClF5N9O. The Bertz CT molecular complexity index is 1700. The van der Waals surface area contributed by atoms with E-state index < -0.39 is 54.7 Å². The minimum atomic E-state index is -5.82. The molecule has 3 aromatic heterocycles. The van der Waals surface area contributed by atoms with Gasteiger partial charge in [0.05, 0.1) is 5.56 Å². The van der Waals surface area contributed by atoms with Crippen molar-refractivity contribution >= 4 is 40.3 Å². The summed E-state index contributed by atoms with van der Waals surface area (Å²) in [5, 5.41) is 10.3. The van der Waals surface area contributed by atoms with Crippen LogP contribution in [0.3, 0.4) is 0 Å². The Kier molecular flexibility index (Phi) is 4.93. The quantitative estimate of drug-likeness (QED) is 0.354. The first-order valence-electron chi connectivity index (χ1n) is 12.3. The third-order valence-corrected chi connectivity index (χ3v) is 6.43. The van der Waals surface area contributed by atoms with Crippen LogP contribution in [0.15, 0.2) is 24.3 Å². The number of hydrogen-bond donors (Lipinski definition) is 2. The molecule has 1 aliphatic rings. The fourth-order valence-corrected chi connectivity index (χ4v) is 4.24. The van der Waals surface area contributed by atoms with Crippen molar-refractivity contribution in [2.24, 2.45) is 6.98 Å². The molecular weight excluding hydrogens is 537 g/mol. The van der Waals surface area contributed by atoms with E-state index in [4.69, 9.17) is 21.4 Å². The molecule has 10 nitrogen and oxygen atoms in total. The van der Waals surface area contributed by atoms with Crippen LogP contribution in [0.2, 0.25) is 5.02 Å². The van der Waals surface area contributed by atoms with Gasteiger partial charge in [0.2, 0.25) is 5.91 Å². The average molecular weight is 557 g/mol. The van der Waals surface area contributed by atoms with Crippen molar-refractivity contribution in [3.63, 3.8) is 0 Å². The molecule has 5 rings (SSSR count). The molecule has 1 unspecified atom stereocenters. The summed E-state index contributed by atoms with van der Waals surface area (Å²) in [6.45, 7) is -1.36. The topological polar surface area (TPSA) is 137 Å². The maximum Gasteiger partial charge on any atom is 0.453 e. The van der Waals surface area contributed by atoms with Gasteiger partial charge >= 0.3 is 12.1 Å². The van der Waals surface area contributed by atoms with E-state index in [1.54, 1.807) is 31.2 Å². The van der Waals surface area contributed by atoms with Gasteiger partial charge in [0, 0.05) is 29.0 Å². The molecule has 1 aliphatic heterocycles. The zero-order valence-electron chi connectivity index (χ0n) is 22.1. The van der Waals surface area contributed by atoms with Crippen LogP contribution >= 0.6 is 11.6 Å². The molecule has 198 valence electrons. The molecule has 4 heterocycles. The number of nitrogens with two attached hydrogens (primary N) is 1. The minimum Gasteiger partial charge on any atom is -0.383 e. The Morgan fingerprint density at radius 2 is 1.84 bits per heavy atom. The van der Waals surface area contributed by atoms with Gasteiger partial charge in [-0.3, -0.25) is 4.79 Å². The molecule has 38 heavy (non-hydrogen) atoms. The summed E-state index contributed by atoms with van der Waals surface area (Å²) in [5.41, 5.74) is 4.51. The first-order chi connectivity index (χ1) is 18.9. The molecule has 0 fully saturated rings. The monoisotopic (exact) mass is 556 g/mol. The number of anilines is 2. The van der Waals surface area contributed by atoms with Crippen LogP contribution < -0.4 is 11.1 Å². The fourth-order valence-electron chi connectivity index (χ4n) is 4.11. The lowest BCUT2D eigenvalue weighted by Gasteiger charge is -2.23. The number of alkyl halides is 5. The first kappa shape index (κ1) is 22.0. The molecule has 1 amide bonds. The summed E-state index contributed by atoms with van der Waals surface area (Å²) in [5.74, 6) is -6.73. The van der Waals surface area contributed by atoms with E-state index in [0.29, 0.717) is 15.3 Å². The second kappa shape index (κ2) is 8.51. The van der Waals surface area contributed by atoms with E-state index in [-0.39, 0.29) is 34.2 Å².